The molecule has 0 radical (unpaired) electrons. The van der Waals surface area contributed by atoms with Gasteiger partial charge in [0.2, 0.25) is 5.91 Å². The molecular weight excluding hydrogens is 272 g/mol. The van der Waals surface area contributed by atoms with Crippen LogP contribution in [0.1, 0.15) is 30.6 Å². The van der Waals surface area contributed by atoms with E-state index >= 15 is 0 Å². The van der Waals surface area contributed by atoms with Gasteiger partial charge in [-0.15, -0.1) is 0 Å². The molecule has 3 N–H and O–H groups in total. The fourth-order valence-corrected chi connectivity index (χ4v) is 1.67. The number of hydrogen-bond acceptors (Lipinski definition) is 6. The lowest BCUT2D eigenvalue weighted by Gasteiger charge is -2.18. The van der Waals surface area contributed by atoms with Crippen LogP contribution in [0.25, 0.3) is 0 Å². The minimum Gasteiger partial charge on any atom is -0.462 e. The molecule has 0 aliphatic rings. The molecule has 7 nitrogen and oxygen atoms in total. The number of nitrogen functional groups attached to an aromatic ring is 1. The second-order valence-electron chi connectivity index (χ2n) is 4.56. The van der Waals surface area contributed by atoms with Crippen molar-refractivity contribution < 1.29 is 14.3 Å². The van der Waals surface area contributed by atoms with E-state index in [0.29, 0.717) is 12.4 Å². The highest BCUT2D eigenvalue weighted by molar-refractivity contribution is 5.95. The predicted molar refractivity (Wildman–Crippen MR) is 81.2 cm³/mol. The first-order valence-electron chi connectivity index (χ1n) is 6.90. The summed E-state index contributed by atoms with van der Waals surface area (Å²) in [7, 11) is 1.72. The van der Waals surface area contributed by atoms with Crippen molar-refractivity contribution in [3.05, 3.63) is 17.8 Å². The number of ether oxygens (including phenoxy) is 1. The van der Waals surface area contributed by atoms with E-state index in [1.165, 1.54) is 12.3 Å². The van der Waals surface area contributed by atoms with Gasteiger partial charge in [-0.2, -0.15) is 0 Å². The highest BCUT2D eigenvalue weighted by atomic mass is 16.5. The molecule has 0 aromatic carbocycles. The summed E-state index contributed by atoms with van der Waals surface area (Å²) in [4.78, 5) is 29.2. The second-order valence-corrected chi connectivity index (χ2v) is 4.56. The zero-order valence-electron chi connectivity index (χ0n) is 12.7. The molecule has 0 unspecified atom stereocenters. The van der Waals surface area contributed by atoms with Crippen molar-refractivity contribution in [1.29, 1.82) is 0 Å². The molecule has 1 aromatic rings. The molecule has 1 amide bonds. The van der Waals surface area contributed by atoms with Gasteiger partial charge in [-0.25, -0.2) is 9.78 Å². The third-order valence-corrected chi connectivity index (χ3v) is 2.76. The Kier molecular flexibility index (Phi) is 6.45. The topological polar surface area (TPSA) is 97.5 Å². The van der Waals surface area contributed by atoms with Crippen LogP contribution in [-0.4, -0.2) is 43.6 Å². The molecule has 0 bridgehead atoms. The lowest BCUT2D eigenvalue weighted by atomic mass is 10.2. The van der Waals surface area contributed by atoms with Crippen LogP contribution in [0, 0.1) is 0 Å². The van der Waals surface area contributed by atoms with E-state index in [1.54, 1.807) is 18.9 Å². The average Bonchev–Trinajstić information content (AvgIpc) is 2.45. The third kappa shape index (κ3) is 4.94. The Balaban J connectivity index is 2.81. The Morgan fingerprint density at radius 3 is 2.76 bits per heavy atom. The molecular formula is C14H22N4O3. The second kappa shape index (κ2) is 8.08. The quantitative estimate of drug-likeness (QED) is 0.722. The van der Waals surface area contributed by atoms with Crippen molar-refractivity contribution in [2.45, 2.75) is 20.3 Å². The number of carbonyl (C=O) groups is 2. The number of pyridine rings is 1. The maximum absolute atomic E-state index is 11.8. The van der Waals surface area contributed by atoms with E-state index in [1.807, 2.05) is 6.92 Å². The molecule has 0 aliphatic carbocycles. The van der Waals surface area contributed by atoms with Crippen molar-refractivity contribution in [2.24, 2.45) is 0 Å². The number of esters is 1. The van der Waals surface area contributed by atoms with Gasteiger partial charge in [-0.05, 0) is 19.4 Å². The third-order valence-electron chi connectivity index (χ3n) is 2.76. The normalized spacial score (nSPS) is 10.0. The Morgan fingerprint density at radius 2 is 2.14 bits per heavy atom. The number of nitrogens with zero attached hydrogens (tertiary/aromatic N) is 2. The van der Waals surface area contributed by atoms with Gasteiger partial charge in [0.1, 0.15) is 5.82 Å². The highest BCUT2D eigenvalue weighted by Gasteiger charge is 2.15. The van der Waals surface area contributed by atoms with Gasteiger partial charge < -0.3 is 20.7 Å². The van der Waals surface area contributed by atoms with Crippen LogP contribution in [0.3, 0.4) is 0 Å². The number of amides is 1. The summed E-state index contributed by atoms with van der Waals surface area (Å²) in [6.07, 6.45) is 2.27. The molecule has 0 saturated heterocycles. The van der Waals surface area contributed by atoms with Gasteiger partial charge >= 0.3 is 5.97 Å². The minimum absolute atomic E-state index is 0.101. The van der Waals surface area contributed by atoms with Crippen LogP contribution in [-0.2, 0) is 9.53 Å². The lowest BCUT2D eigenvalue weighted by molar-refractivity contribution is -0.119. The number of hydrogen-bond donors (Lipinski definition) is 2. The van der Waals surface area contributed by atoms with Gasteiger partial charge in [0.15, 0.2) is 0 Å². The number of aromatic nitrogens is 1. The van der Waals surface area contributed by atoms with E-state index in [2.05, 4.69) is 10.3 Å². The molecule has 0 atom stereocenters. The lowest BCUT2D eigenvalue weighted by Crippen LogP contribution is -2.35. The maximum Gasteiger partial charge on any atom is 0.340 e. The van der Waals surface area contributed by atoms with Gasteiger partial charge in [0, 0.05) is 13.6 Å². The first kappa shape index (κ1) is 16.7. The molecule has 0 fully saturated rings. The standard InChI is InChI=1S/C14H22N4O3/c1-4-6-16-13(19)9-18(3)12-7-10(11(15)8-17-12)14(20)21-5-2/h7-8H,4-6,9,15H2,1-3H3,(H,16,19). The summed E-state index contributed by atoms with van der Waals surface area (Å²) >= 11 is 0. The van der Waals surface area contributed by atoms with E-state index in [0.717, 1.165) is 6.42 Å². The number of nitrogens with one attached hydrogen (secondary N) is 1. The monoisotopic (exact) mass is 294 g/mol. The number of anilines is 2. The van der Waals surface area contributed by atoms with Crippen molar-refractivity contribution in [3.8, 4) is 0 Å². The number of likely N-dealkylation sites (N-methyl/N-ethyl adjacent to an activating group) is 1. The highest BCUT2D eigenvalue weighted by Crippen LogP contribution is 2.18. The molecule has 0 spiro atoms. The van der Waals surface area contributed by atoms with Crippen LogP contribution in [0.2, 0.25) is 0 Å². The van der Waals surface area contributed by atoms with Crippen molar-refractivity contribution in [3.63, 3.8) is 0 Å². The van der Waals surface area contributed by atoms with E-state index in [4.69, 9.17) is 10.5 Å². The maximum atomic E-state index is 11.8. The Labute approximate surface area is 124 Å². The fourth-order valence-electron chi connectivity index (χ4n) is 1.67. The Hall–Kier alpha value is -2.31. The molecule has 1 rings (SSSR count). The average molecular weight is 294 g/mol. The summed E-state index contributed by atoms with van der Waals surface area (Å²) in [5, 5.41) is 2.78. The van der Waals surface area contributed by atoms with Gasteiger partial charge in [0.05, 0.1) is 30.6 Å². The van der Waals surface area contributed by atoms with Crippen LogP contribution in [0.5, 0.6) is 0 Å². The van der Waals surface area contributed by atoms with E-state index in [9.17, 15) is 9.59 Å². The van der Waals surface area contributed by atoms with Gasteiger partial charge in [-0.3, -0.25) is 4.79 Å². The molecule has 1 heterocycles. The van der Waals surface area contributed by atoms with Gasteiger partial charge in [0.25, 0.3) is 0 Å². The van der Waals surface area contributed by atoms with E-state index < -0.39 is 5.97 Å². The van der Waals surface area contributed by atoms with Crippen LogP contribution in [0.15, 0.2) is 12.3 Å². The minimum atomic E-state index is -0.498. The molecule has 116 valence electrons. The summed E-state index contributed by atoms with van der Waals surface area (Å²) in [5.74, 6) is -0.114. The molecule has 1 aromatic heterocycles. The molecule has 0 saturated carbocycles. The SMILES string of the molecule is CCCNC(=O)CN(C)c1cc(C(=O)OCC)c(N)cn1. The van der Waals surface area contributed by atoms with Gasteiger partial charge in [-0.1, -0.05) is 6.92 Å². The molecule has 7 heteroatoms. The van der Waals surface area contributed by atoms with E-state index in [-0.39, 0.29) is 30.3 Å². The van der Waals surface area contributed by atoms with Crippen molar-refractivity contribution in [1.82, 2.24) is 10.3 Å². The molecule has 0 aliphatic heterocycles. The summed E-state index contributed by atoms with van der Waals surface area (Å²) in [6, 6.07) is 1.53. The zero-order valence-corrected chi connectivity index (χ0v) is 12.7. The summed E-state index contributed by atoms with van der Waals surface area (Å²) in [5.41, 5.74) is 6.23. The fraction of sp³-hybridized carbons (Fsp3) is 0.500. The first-order chi connectivity index (χ1) is 9.99. The Morgan fingerprint density at radius 1 is 1.43 bits per heavy atom. The van der Waals surface area contributed by atoms with Crippen molar-refractivity contribution in [2.75, 3.05) is 37.4 Å². The van der Waals surface area contributed by atoms with Crippen molar-refractivity contribution >= 4 is 23.4 Å². The largest absolute Gasteiger partial charge is 0.462 e. The zero-order chi connectivity index (χ0) is 15.8. The Bertz CT molecular complexity index is 505. The first-order valence-corrected chi connectivity index (χ1v) is 6.90. The summed E-state index contributed by atoms with van der Waals surface area (Å²) in [6.45, 7) is 4.76. The predicted octanol–water partition coefficient (Wildman–Crippen LogP) is 0.803. The van der Waals surface area contributed by atoms with Crippen LogP contribution < -0.4 is 16.0 Å². The molecule has 21 heavy (non-hydrogen) atoms. The smallest absolute Gasteiger partial charge is 0.340 e. The number of nitrogens with two attached hydrogens (primary N) is 1. The summed E-state index contributed by atoms with van der Waals surface area (Å²) < 4.78 is 4.93. The number of carbonyl (C=O) groups excluding carboxylic acids is 2. The van der Waals surface area contributed by atoms with Crippen LogP contribution in [0.4, 0.5) is 11.5 Å². The van der Waals surface area contributed by atoms with Crippen LogP contribution >= 0.6 is 0 Å². The number of rotatable bonds is 7.